The number of Topliss-reactive ketones (excluding diaryl/α,β-unsaturated/α-hetero) is 1. The predicted molar refractivity (Wildman–Crippen MR) is 66.1 cm³/mol. The maximum Gasteiger partial charge on any atom is 0.241 e. The van der Waals surface area contributed by atoms with Gasteiger partial charge in [0.25, 0.3) is 0 Å². The highest BCUT2D eigenvalue weighted by molar-refractivity contribution is 5.98. The van der Waals surface area contributed by atoms with E-state index in [2.05, 4.69) is 10.6 Å². The van der Waals surface area contributed by atoms with Gasteiger partial charge in [0.2, 0.25) is 5.91 Å². The van der Waals surface area contributed by atoms with E-state index in [4.69, 9.17) is 0 Å². The lowest BCUT2D eigenvalue weighted by Crippen LogP contribution is -2.35. The fourth-order valence-electron chi connectivity index (χ4n) is 1.95. The fraction of sp³-hybridized carbons (Fsp3) is 0.385. The number of benzene rings is 1. The van der Waals surface area contributed by atoms with Gasteiger partial charge >= 0.3 is 0 Å². The molecule has 4 nitrogen and oxygen atoms in total. The highest BCUT2D eigenvalue weighted by atomic mass is 16.2. The summed E-state index contributed by atoms with van der Waals surface area (Å²) in [5.41, 5.74) is 1.29. The summed E-state index contributed by atoms with van der Waals surface area (Å²) in [7, 11) is 0. The van der Waals surface area contributed by atoms with Crippen molar-refractivity contribution in [2.45, 2.75) is 25.8 Å². The molecule has 1 aliphatic heterocycles. The lowest BCUT2D eigenvalue weighted by molar-refractivity contribution is -0.117. The second kappa shape index (κ2) is 5.10. The van der Waals surface area contributed by atoms with Gasteiger partial charge in [0.1, 0.15) is 0 Å². The van der Waals surface area contributed by atoms with Crippen molar-refractivity contribution in [1.82, 2.24) is 5.32 Å². The highest BCUT2D eigenvalue weighted by Gasteiger charge is 2.21. The van der Waals surface area contributed by atoms with E-state index in [-0.39, 0.29) is 17.7 Å². The van der Waals surface area contributed by atoms with Crippen LogP contribution >= 0.6 is 0 Å². The first-order valence-corrected chi connectivity index (χ1v) is 5.82. The molecule has 1 aromatic rings. The third-order valence-electron chi connectivity index (χ3n) is 2.91. The van der Waals surface area contributed by atoms with Gasteiger partial charge in [-0.25, -0.2) is 0 Å². The number of hydrogen-bond acceptors (Lipinski definition) is 3. The minimum atomic E-state index is -0.101. The lowest BCUT2D eigenvalue weighted by atomic mass is 10.1. The van der Waals surface area contributed by atoms with Gasteiger partial charge in [0, 0.05) is 11.3 Å². The number of carbonyl (C=O) groups is 2. The minimum absolute atomic E-state index is 0.0000837. The van der Waals surface area contributed by atoms with Gasteiger partial charge < -0.3 is 10.6 Å². The fourth-order valence-corrected chi connectivity index (χ4v) is 1.95. The molecule has 4 heteroatoms. The van der Waals surface area contributed by atoms with Gasteiger partial charge in [-0.1, -0.05) is 12.1 Å². The number of rotatable bonds is 3. The summed E-state index contributed by atoms with van der Waals surface area (Å²) in [6, 6.07) is 6.91. The first-order chi connectivity index (χ1) is 8.16. The van der Waals surface area contributed by atoms with Crippen molar-refractivity contribution in [2.24, 2.45) is 0 Å². The molecule has 90 valence electrons. The number of ketones is 1. The lowest BCUT2D eigenvalue weighted by Gasteiger charge is -2.11. The van der Waals surface area contributed by atoms with Crippen molar-refractivity contribution in [1.29, 1.82) is 0 Å². The molecule has 1 aliphatic rings. The molecule has 0 bridgehead atoms. The minimum Gasteiger partial charge on any atom is -0.325 e. The molecule has 17 heavy (non-hydrogen) atoms. The number of amides is 1. The van der Waals surface area contributed by atoms with E-state index in [0.717, 1.165) is 19.4 Å². The van der Waals surface area contributed by atoms with E-state index in [9.17, 15) is 9.59 Å². The third kappa shape index (κ3) is 2.91. The maximum absolute atomic E-state index is 11.8. The van der Waals surface area contributed by atoms with E-state index >= 15 is 0 Å². The van der Waals surface area contributed by atoms with Crippen LogP contribution in [-0.2, 0) is 4.79 Å². The Kier molecular flexibility index (Phi) is 3.54. The summed E-state index contributed by atoms with van der Waals surface area (Å²) in [6.45, 7) is 2.41. The molecule has 0 aromatic heterocycles. The number of hydrogen-bond donors (Lipinski definition) is 2. The van der Waals surface area contributed by atoms with E-state index in [1.807, 2.05) is 0 Å². The molecule has 2 rings (SSSR count). The quantitative estimate of drug-likeness (QED) is 0.778. The Balaban J connectivity index is 2.05. The smallest absolute Gasteiger partial charge is 0.241 e. The van der Waals surface area contributed by atoms with Gasteiger partial charge in [0.05, 0.1) is 6.04 Å². The molecule has 1 heterocycles. The summed E-state index contributed by atoms with van der Waals surface area (Å²) < 4.78 is 0. The Hall–Kier alpha value is -1.68. The Morgan fingerprint density at radius 1 is 1.41 bits per heavy atom. The number of nitrogens with one attached hydrogen (secondary N) is 2. The second-order valence-electron chi connectivity index (χ2n) is 4.28. The molecule has 0 radical (unpaired) electrons. The Morgan fingerprint density at radius 2 is 2.24 bits per heavy atom. The van der Waals surface area contributed by atoms with Crippen molar-refractivity contribution in [3.63, 3.8) is 0 Å². The van der Waals surface area contributed by atoms with Crippen LogP contribution in [0.15, 0.2) is 24.3 Å². The summed E-state index contributed by atoms with van der Waals surface area (Å²) in [5.74, 6) is -0.0247. The predicted octanol–water partition coefficient (Wildman–Crippen LogP) is 1.58. The largest absolute Gasteiger partial charge is 0.325 e. The first-order valence-electron chi connectivity index (χ1n) is 5.82. The number of carbonyl (C=O) groups excluding carboxylic acids is 2. The molecule has 1 atom stereocenters. The molecule has 1 amide bonds. The van der Waals surface area contributed by atoms with Crippen LogP contribution < -0.4 is 10.6 Å². The van der Waals surface area contributed by atoms with E-state index < -0.39 is 0 Å². The van der Waals surface area contributed by atoms with Crippen LogP contribution in [-0.4, -0.2) is 24.3 Å². The average Bonchev–Trinajstić information content (AvgIpc) is 2.82. The van der Waals surface area contributed by atoms with Crippen LogP contribution in [0.1, 0.15) is 30.1 Å². The van der Waals surface area contributed by atoms with Crippen LogP contribution in [0, 0.1) is 0 Å². The van der Waals surface area contributed by atoms with E-state index in [0.29, 0.717) is 11.3 Å². The van der Waals surface area contributed by atoms with Crippen LogP contribution in [0.3, 0.4) is 0 Å². The third-order valence-corrected chi connectivity index (χ3v) is 2.91. The molecule has 1 fully saturated rings. The highest BCUT2D eigenvalue weighted by Crippen LogP contribution is 2.13. The molecule has 0 aliphatic carbocycles. The zero-order valence-electron chi connectivity index (χ0n) is 9.82. The van der Waals surface area contributed by atoms with Crippen molar-refractivity contribution >= 4 is 17.4 Å². The Bertz CT molecular complexity index is 437. The van der Waals surface area contributed by atoms with Crippen molar-refractivity contribution < 1.29 is 9.59 Å². The first kappa shape index (κ1) is 11.8. The van der Waals surface area contributed by atoms with Crippen molar-refractivity contribution in [2.75, 3.05) is 11.9 Å². The summed E-state index contributed by atoms with van der Waals surface area (Å²) >= 11 is 0. The molecule has 0 spiro atoms. The zero-order valence-corrected chi connectivity index (χ0v) is 9.82. The monoisotopic (exact) mass is 232 g/mol. The Labute approximate surface area is 100 Å². The molecular formula is C13H16N2O2. The normalized spacial score (nSPS) is 19.0. The molecule has 1 aromatic carbocycles. The SMILES string of the molecule is CC(=O)c1cccc(NC(=O)C2CCCN2)c1. The molecular weight excluding hydrogens is 216 g/mol. The van der Waals surface area contributed by atoms with Gasteiger partial charge in [-0.15, -0.1) is 0 Å². The van der Waals surface area contributed by atoms with Gasteiger partial charge in [-0.3, -0.25) is 9.59 Å². The van der Waals surface area contributed by atoms with Gasteiger partial charge in [0.15, 0.2) is 5.78 Å². The van der Waals surface area contributed by atoms with E-state index in [1.165, 1.54) is 6.92 Å². The number of anilines is 1. The van der Waals surface area contributed by atoms with Crippen LogP contribution in [0.2, 0.25) is 0 Å². The van der Waals surface area contributed by atoms with E-state index in [1.54, 1.807) is 24.3 Å². The molecule has 1 saturated heterocycles. The Morgan fingerprint density at radius 3 is 2.88 bits per heavy atom. The van der Waals surface area contributed by atoms with Crippen LogP contribution in [0.5, 0.6) is 0 Å². The molecule has 1 unspecified atom stereocenters. The van der Waals surface area contributed by atoms with Crippen LogP contribution in [0.4, 0.5) is 5.69 Å². The average molecular weight is 232 g/mol. The molecule has 2 N–H and O–H groups in total. The summed E-state index contributed by atoms with van der Waals surface area (Å²) in [4.78, 5) is 23.1. The topological polar surface area (TPSA) is 58.2 Å². The van der Waals surface area contributed by atoms with Crippen molar-refractivity contribution in [3.8, 4) is 0 Å². The van der Waals surface area contributed by atoms with Gasteiger partial charge in [-0.05, 0) is 38.4 Å². The second-order valence-corrected chi connectivity index (χ2v) is 4.28. The zero-order chi connectivity index (χ0) is 12.3. The summed E-state index contributed by atoms with van der Waals surface area (Å²) in [5, 5.41) is 5.96. The standard InChI is InChI=1S/C13H16N2O2/c1-9(16)10-4-2-5-11(8-10)15-13(17)12-6-3-7-14-12/h2,4-5,8,12,14H,3,6-7H2,1H3,(H,15,17). The van der Waals surface area contributed by atoms with Crippen LogP contribution in [0.25, 0.3) is 0 Å². The van der Waals surface area contributed by atoms with Gasteiger partial charge in [-0.2, -0.15) is 0 Å². The van der Waals surface area contributed by atoms with Crippen molar-refractivity contribution in [3.05, 3.63) is 29.8 Å². The maximum atomic E-state index is 11.8. The summed E-state index contributed by atoms with van der Waals surface area (Å²) in [6.07, 6.45) is 1.91. The molecule has 0 saturated carbocycles.